The van der Waals surface area contributed by atoms with Crippen molar-refractivity contribution in [2.24, 2.45) is 11.8 Å². The van der Waals surface area contributed by atoms with Crippen LogP contribution in [0, 0.1) is 11.8 Å². The smallest absolute Gasteiger partial charge is 0.0251 e. The fraction of sp³-hybridized carbons (Fsp3) is 1.00. The summed E-state index contributed by atoms with van der Waals surface area (Å²) in [5.41, 5.74) is 0. The molecule has 0 radical (unpaired) electrons. The Labute approximate surface area is 114 Å². The van der Waals surface area contributed by atoms with Crippen molar-refractivity contribution in [1.29, 1.82) is 0 Å². The van der Waals surface area contributed by atoms with Crippen molar-refractivity contribution < 1.29 is 0 Å². The molecule has 1 saturated carbocycles. The first kappa shape index (κ1) is 14.3. The van der Waals surface area contributed by atoms with Crippen LogP contribution in [0.25, 0.3) is 0 Å². The summed E-state index contributed by atoms with van der Waals surface area (Å²) in [6, 6.07) is 1.56. The van der Waals surface area contributed by atoms with Crippen LogP contribution in [0.3, 0.4) is 0 Å². The molecule has 1 saturated heterocycles. The molecule has 0 spiro atoms. The van der Waals surface area contributed by atoms with Crippen molar-refractivity contribution in [3.05, 3.63) is 0 Å². The lowest BCUT2D eigenvalue weighted by Gasteiger charge is -2.41. The standard InChI is InChI=1S/C16H32N2/c1-4-6-14-9-10-18(12-14)16-11-13(5-2)7-8-15(16)17-3/h13-17H,4-12H2,1-3H3. The number of likely N-dealkylation sites (N-methyl/N-ethyl adjacent to an activating group) is 1. The summed E-state index contributed by atoms with van der Waals surface area (Å²) in [7, 11) is 2.16. The monoisotopic (exact) mass is 252 g/mol. The Kier molecular flexibility index (Phi) is 5.50. The first-order valence-electron chi connectivity index (χ1n) is 8.19. The van der Waals surface area contributed by atoms with Gasteiger partial charge in [0.25, 0.3) is 0 Å². The van der Waals surface area contributed by atoms with Crippen LogP contribution in [0.15, 0.2) is 0 Å². The summed E-state index contributed by atoms with van der Waals surface area (Å²) in [6.07, 6.45) is 9.86. The second-order valence-electron chi connectivity index (χ2n) is 6.49. The molecule has 0 amide bonds. The van der Waals surface area contributed by atoms with Gasteiger partial charge in [-0.2, -0.15) is 0 Å². The highest BCUT2D eigenvalue weighted by molar-refractivity contribution is 4.93. The molecule has 0 aromatic heterocycles. The van der Waals surface area contributed by atoms with Gasteiger partial charge < -0.3 is 5.32 Å². The van der Waals surface area contributed by atoms with Gasteiger partial charge in [-0.05, 0) is 57.5 Å². The van der Waals surface area contributed by atoms with Gasteiger partial charge in [0, 0.05) is 18.6 Å². The molecule has 1 heterocycles. The van der Waals surface area contributed by atoms with Gasteiger partial charge in [-0.25, -0.2) is 0 Å². The average molecular weight is 252 g/mol. The van der Waals surface area contributed by atoms with Crippen molar-refractivity contribution in [1.82, 2.24) is 10.2 Å². The lowest BCUT2D eigenvalue weighted by atomic mass is 9.80. The molecule has 18 heavy (non-hydrogen) atoms. The Balaban J connectivity index is 1.92. The predicted molar refractivity (Wildman–Crippen MR) is 78.9 cm³/mol. The summed E-state index contributed by atoms with van der Waals surface area (Å²) >= 11 is 0. The first-order valence-corrected chi connectivity index (χ1v) is 8.19. The molecule has 0 bridgehead atoms. The zero-order valence-electron chi connectivity index (χ0n) is 12.6. The molecule has 4 unspecified atom stereocenters. The van der Waals surface area contributed by atoms with Gasteiger partial charge in [0.05, 0.1) is 0 Å². The molecule has 2 heteroatoms. The number of hydrogen-bond acceptors (Lipinski definition) is 2. The largest absolute Gasteiger partial charge is 0.315 e. The maximum atomic E-state index is 3.58. The minimum atomic E-state index is 0.744. The SMILES string of the molecule is CCCC1CCN(C2CC(CC)CCC2NC)C1. The minimum absolute atomic E-state index is 0.744. The van der Waals surface area contributed by atoms with Crippen LogP contribution in [0.5, 0.6) is 0 Å². The average Bonchev–Trinajstić information content (AvgIpc) is 2.87. The highest BCUT2D eigenvalue weighted by atomic mass is 15.2. The Morgan fingerprint density at radius 1 is 1.11 bits per heavy atom. The van der Waals surface area contributed by atoms with Crippen LogP contribution >= 0.6 is 0 Å². The molecular weight excluding hydrogens is 220 g/mol. The van der Waals surface area contributed by atoms with Gasteiger partial charge in [-0.1, -0.05) is 26.7 Å². The van der Waals surface area contributed by atoms with Gasteiger partial charge in [0.15, 0.2) is 0 Å². The quantitative estimate of drug-likeness (QED) is 0.808. The van der Waals surface area contributed by atoms with E-state index in [1.807, 2.05) is 0 Å². The maximum Gasteiger partial charge on any atom is 0.0251 e. The van der Waals surface area contributed by atoms with Crippen molar-refractivity contribution in [3.63, 3.8) is 0 Å². The van der Waals surface area contributed by atoms with Crippen LogP contribution in [0.4, 0.5) is 0 Å². The lowest BCUT2D eigenvalue weighted by molar-refractivity contribution is 0.116. The fourth-order valence-electron chi connectivity index (χ4n) is 4.15. The van der Waals surface area contributed by atoms with Crippen molar-refractivity contribution in [3.8, 4) is 0 Å². The predicted octanol–water partition coefficient (Wildman–Crippen LogP) is 3.28. The molecule has 0 aromatic carbocycles. The number of hydrogen-bond donors (Lipinski definition) is 1. The van der Waals surface area contributed by atoms with Crippen molar-refractivity contribution in [2.45, 2.75) is 70.9 Å². The molecule has 2 aliphatic rings. The zero-order chi connectivity index (χ0) is 13.0. The van der Waals surface area contributed by atoms with E-state index in [0.717, 1.165) is 23.9 Å². The molecule has 2 fully saturated rings. The molecule has 2 nitrogen and oxygen atoms in total. The molecule has 2 rings (SSSR count). The molecule has 1 N–H and O–H groups in total. The van der Waals surface area contributed by atoms with Crippen LogP contribution in [0.1, 0.15) is 58.8 Å². The molecule has 1 aliphatic carbocycles. The van der Waals surface area contributed by atoms with Crippen LogP contribution in [0.2, 0.25) is 0 Å². The second-order valence-corrected chi connectivity index (χ2v) is 6.49. The van der Waals surface area contributed by atoms with Crippen LogP contribution in [-0.2, 0) is 0 Å². The van der Waals surface area contributed by atoms with Gasteiger partial charge in [0.2, 0.25) is 0 Å². The van der Waals surface area contributed by atoms with Gasteiger partial charge in [-0.3, -0.25) is 4.90 Å². The van der Waals surface area contributed by atoms with E-state index in [4.69, 9.17) is 0 Å². The van der Waals surface area contributed by atoms with Crippen molar-refractivity contribution in [2.75, 3.05) is 20.1 Å². The van der Waals surface area contributed by atoms with Crippen LogP contribution < -0.4 is 5.32 Å². The van der Waals surface area contributed by atoms with Gasteiger partial charge in [-0.15, -0.1) is 0 Å². The van der Waals surface area contributed by atoms with E-state index in [0.29, 0.717) is 0 Å². The van der Waals surface area contributed by atoms with E-state index >= 15 is 0 Å². The third-order valence-corrected chi connectivity index (χ3v) is 5.36. The van der Waals surface area contributed by atoms with E-state index in [9.17, 15) is 0 Å². The van der Waals surface area contributed by atoms with E-state index in [1.54, 1.807) is 0 Å². The summed E-state index contributed by atoms with van der Waals surface area (Å²) in [5, 5.41) is 3.58. The number of rotatable bonds is 5. The number of nitrogens with zero attached hydrogens (tertiary/aromatic N) is 1. The summed E-state index contributed by atoms with van der Waals surface area (Å²) in [6.45, 7) is 7.41. The molecule has 1 aliphatic heterocycles. The normalized spacial score (nSPS) is 38.2. The van der Waals surface area contributed by atoms with Crippen LogP contribution in [-0.4, -0.2) is 37.1 Å². The van der Waals surface area contributed by atoms with E-state index in [-0.39, 0.29) is 0 Å². The topological polar surface area (TPSA) is 15.3 Å². The Morgan fingerprint density at radius 2 is 1.94 bits per heavy atom. The van der Waals surface area contributed by atoms with E-state index in [2.05, 4.69) is 31.1 Å². The molecule has 4 atom stereocenters. The summed E-state index contributed by atoms with van der Waals surface area (Å²) in [5.74, 6) is 1.96. The van der Waals surface area contributed by atoms with Gasteiger partial charge in [0.1, 0.15) is 0 Å². The third-order valence-electron chi connectivity index (χ3n) is 5.36. The molecular formula is C16H32N2. The van der Waals surface area contributed by atoms with E-state index < -0.39 is 0 Å². The summed E-state index contributed by atoms with van der Waals surface area (Å²) in [4.78, 5) is 2.81. The lowest BCUT2D eigenvalue weighted by Crippen LogP contribution is -2.51. The zero-order valence-corrected chi connectivity index (χ0v) is 12.6. The fourth-order valence-corrected chi connectivity index (χ4v) is 4.15. The highest BCUT2D eigenvalue weighted by Gasteiger charge is 2.36. The second kappa shape index (κ2) is 6.91. The van der Waals surface area contributed by atoms with E-state index in [1.165, 1.54) is 58.0 Å². The minimum Gasteiger partial charge on any atom is -0.315 e. The third kappa shape index (κ3) is 3.27. The Hall–Kier alpha value is -0.0800. The molecule has 0 aromatic rings. The first-order chi connectivity index (χ1) is 8.78. The van der Waals surface area contributed by atoms with Crippen molar-refractivity contribution >= 4 is 0 Å². The number of likely N-dealkylation sites (tertiary alicyclic amines) is 1. The summed E-state index contributed by atoms with van der Waals surface area (Å²) < 4.78 is 0. The maximum absolute atomic E-state index is 3.58. The highest BCUT2D eigenvalue weighted by Crippen LogP contribution is 2.33. The molecule has 106 valence electrons. The Bertz CT molecular complexity index is 241. The number of nitrogens with one attached hydrogen (secondary N) is 1. The Morgan fingerprint density at radius 3 is 2.61 bits per heavy atom. The van der Waals surface area contributed by atoms with Gasteiger partial charge >= 0.3 is 0 Å².